The Labute approximate surface area is 87.9 Å². The van der Waals surface area contributed by atoms with Crippen LogP contribution in [0.25, 0.3) is 11.4 Å². The summed E-state index contributed by atoms with van der Waals surface area (Å²) in [6.45, 7) is -0.0156. The lowest BCUT2D eigenvalue weighted by molar-refractivity contribution is 0.380. The second-order valence-electron chi connectivity index (χ2n) is 2.94. The van der Waals surface area contributed by atoms with Crippen LogP contribution < -0.4 is 5.73 Å². The summed E-state index contributed by atoms with van der Waals surface area (Å²) < 4.78 is 43.5. The van der Waals surface area contributed by atoms with Crippen molar-refractivity contribution in [1.82, 2.24) is 10.1 Å². The normalized spacial score (nSPS) is 10.8. The summed E-state index contributed by atoms with van der Waals surface area (Å²) in [6, 6.07) is 1.81. The van der Waals surface area contributed by atoms with E-state index in [1.807, 2.05) is 0 Å². The van der Waals surface area contributed by atoms with Gasteiger partial charge in [0.05, 0.1) is 12.1 Å². The van der Waals surface area contributed by atoms with Crippen LogP contribution in [-0.2, 0) is 6.54 Å². The van der Waals surface area contributed by atoms with Gasteiger partial charge in [0, 0.05) is 0 Å². The first-order valence-corrected chi connectivity index (χ1v) is 4.30. The first-order valence-electron chi connectivity index (χ1n) is 4.30. The van der Waals surface area contributed by atoms with Crippen LogP contribution in [0.2, 0.25) is 0 Å². The van der Waals surface area contributed by atoms with Crippen molar-refractivity contribution < 1.29 is 17.7 Å². The van der Waals surface area contributed by atoms with Crippen molar-refractivity contribution >= 4 is 0 Å². The van der Waals surface area contributed by atoms with Gasteiger partial charge in [-0.1, -0.05) is 5.16 Å². The van der Waals surface area contributed by atoms with E-state index in [-0.39, 0.29) is 23.8 Å². The molecule has 0 radical (unpaired) electrons. The molecule has 0 spiro atoms. The van der Waals surface area contributed by atoms with E-state index in [4.69, 9.17) is 5.73 Å². The number of halogens is 3. The van der Waals surface area contributed by atoms with Crippen LogP contribution in [0.3, 0.4) is 0 Å². The highest BCUT2D eigenvalue weighted by molar-refractivity contribution is 5.55. The van der Waals surface area contributed by atoms with Crippen LogP contribution in [-0.4, -0.2) is 10.1 Å². The second kappa shape index (κ2) is 3.93. The van der Waals surface area contributed by atoms with Crippen molar-refractivity contribution in [3.05, 3.63) is 35.5 Å². The number of hydrogen-bond donors (Lipinski definition) is 1. The number of rotatable bonds is 2. The number of hydrogen-bond acceptors (Lipinski definition) is 4. The summed E-state index contributed by atoms with van der Waals surface area (Å²) in [4.78, 5) is 3.70. The molecule has 1 aromatic carbocycles. The Balaban J connectivity index is 2.52. The lowest BCUT2D eigenvalue weighted by Crippen LogP contribution is -1.97. The van der Waals surface area contributed by atoms with Crippen molar-refractivity contribution in [3.63, 3.8) is 0 Å². The molecule has 0 fully saturated rings. The third kappa shape index (κ3) is 1.65. The lowest BCUT2D eigenvalue weighted by Gasteiger charge is -1.99. The van der Waals surface area contributed by atoms with Crippen LogP contribution in [0.5, 0.6) is 0 Å². The number of nitrogens with zero attached hydrogens (tertiary/aromatic N) is 2. The zero-order chi connectivity index (χ0) is 11.7. The van der Waals surface area contributed by atoms with Gasteiger partial charge in [-0.25, -0.2) is 13.2 Å². The predicted octanol–water partition coefficient (Wildman–Crippen LogP) is 1.61. The molecule has 4 nitrogen and oxygen atoms in total. The molecule has 1 heterocycles. The molecule has 7 heteroatoms. The van der Waals surface area contributed by atoms with Crippen molar-refractivity contribution in [2.75, 3.05) is 0 Å². The molecule has 0 bridgehead atoms. The molecule has 0 unspecified atom stereocenters. The lowest BCUT2D eigenvalue weighted by atomic mass is 10.2. The highest BCUT2D eigenvalue weighted by Gasteiger charge is 2.18. The predicted molar refractivity (Wildman–Crippen MR) is 47.5 cm³/mol. The zero-order valence-electron chi connectivity index (χ0n) is 7.88. The van der Waals surface area contributed by atoms with Gasteiger partial charge in [0.15, 0.2) is 17.5 Å². The molecule has 0 saturated heterocycles. The Kier molecular flexibility index (Phi) is 2.61. The molecule has 0 aliphatic rings. The maximum Gasteiger partial charge on any atom is 0.240 e. The SMILES string of the molecule is NCc1nc(-c2ccc(F)c(F)c2F)no1. The molecule has 1 aromatic heterocycles. The van der Waals surface area contributed by atoms with Gasteiger partial charge in [-0.3, -0.25) is 0 Å². The molecule has 2 rings (SSSR count). The second-order valence-corrected chi connectivity index (χ2v) is 2.94. The summed E-state index contributed by atoms with van der Waals surface area (Å²) in [6.07, 6.45) is 0. The summed E-state index contributed by atoms with van der Waals surface area (Å²) in [7, 11) is 0. The fourth-order valence-corrected chi connectivity index (χ4v) is 1.15. The first kappa shape index (κ1) is 10.6. The van der Waals surface area contributed by atoms with E-state index in [1.165, 1.54) is 0 Å². The molecule has 0 saturated carbocycles. The van der Waals surface area contributed by atoms with Gasteiger partial charge in [-0.2, -0.15) is 4.98 Å². The van der Waals surface area contributed by atoms with Crippen molar-refractivity contribution in [1.29, 1.82) is 0 Å². The number of benzene rings is 1. The van der Waals surface area contributed by atoms with E-state index in [0.717, 1.165) is 12.1 Å². The van der Waals surface area contributed by atoms with Crippen molar-refractivity contribution in [2.24, 2.45) is 5.73 Å². The highest BCUT2D eigenvalue weighted by atomic mass is 19.2. The van der Waals surface area contributed by atoms with Gasteiger partial charge in [0.2, 0.25) is 11.7 Å². The van der Waals surface area contributed by atoms with Gasteiger partial charge in [-0.15, -0.1) is 0 Å². The molecule has 0 amide bonds. The van der Waals surface area contributed by atoms with E-state index in [2.05, 4.69) is 14.7 Å². The molecule has 0 atom stereocenters. The number of aromatic nitrogens is 2. The van der Waals surface area contributed by atoms with Gasteiger partial charge in [0.1, 0.15) is 0 Å². The Morgan fingerprint density at radius 1 is 1.19 bits per heavy atom. The minimum Gasteiger partial charge on any atom is -0.338 e. The summed E-state index contributed by atoms with van der Waals surface area (Å²) >= 11 is 0. The third-order valence-electron chi connectivity index (χ3n) is 1.92. The minimum atomic E-state index is -1.57. The highest BCUT2D eigenvalue weighted by Crippen LogP contribution is 2.23. The Hall–Kier alpha value is -1.89. The van der Waals surface area contributed by atoms with E-state index in [1.54, 1.807) is 0 Å². The van der Waals surface area contributed by atoms with Crippen LogP contribution in [0.15, 0.2) is 16.7 Å². The molecule has 84 valence electrons. The summed E-state index contributed by atoms with van der Waals surface area (Å²) in [5.74, 6) is -4.29. The van der Waals surface area contributed by atoms with Gasteiger partial charge >= 0.3 is 0 Å². The Morgan fingerprint density at radius 2 is 1.94 bits per heavy atom. The molecule has 2 N–H and O–H groups in total. The van der Waals surface area contributed by atoms with Crippen LogP contribution >= 0.6 is 0 Å². The quantitative estimate of drug-likeness (QED) is 0.794. The zero-order valence-corrected chi connectivity index (χ0v) is 7.88. The van der Waals surface area contributed by atoms with Crippen LogP contribution in [0, 0.1) is 17.5 Å². The fraction of sp³-hybridized carbons (Fsp3) is 0.111. The fourth-order valence-electron chi connectivity index (χ4n) is 1.15. The minimum absolute atomic E-state index is 0.0156. The molecule has 2 aromatic rings. The Bertz CT molecular complexity index is 527. The number of nitrogens with two attached hydrogens (primary N) is 1. The van der Waals surface area contributed by atoms with Crippen molar-refractivity contribution in [2.45, 2.75) is 6.54 Å². The topological polar surface area (TPSA) is 64.9 Å². The smallest absolute Gasteiger partial charge is 0.240 e. The average Bonchev–Trinajstić information content (AvgIpc) is 2.74. The molecule has 0 aliphatic heterocycles. The third-order valence-corrected chi connectivity index (χ3v) is 1.92. The van der Waals surface area contributed by atoms with Gasteiger partial charge in [-0.05, 0) is 12.1 Å². The summed E-state index contributed by atoms with van der Waals surface area (Å²) in [5.41, 5.74) is 4.93. The largest absolute Gasteiger partial charge is 0.338 e. The molecular weight excluding hydrogens is 223 g/mol. The average molecular weight is 229 g/mol. The van der Waals surface area contributed by atoms with E-state index in [0.29, 0.717) is 0 Å². The van der Waals surface area contributed by atoms with Gasteiger partial charge < -0.3 is 10.3 Å². The van der Waals surface area contributed by atoms with E-state index >= 15 is 0 Å². The van der Waals surface area contributed by atoms with Gasteiger partial charge in [0.25, 0.3) is 0 Å². The maximum atomic E-state index is 13.3. The first-order chi connectivity index (χ1) is 7.63. The molecule has 0 aliphatic carbocycles. The van der Waals surface area contributed by atoms with E-state index in [9.17, 15) is 13.2 Å². The summed E-state index contributed by atoms with van der Waals surface area (Å²) in [5, 5.41) is 3.39. The standard InChI is InChI=1S/C9H6F3N3O/c10-5-2-1-4(7(11)8(5)12)9-14-6(3-13)16-15-9/h1-2H,3,13H2. The van der Waals surface area contributed by atoms with Crippen LogP contribution in [0.1, 0.15) is 5.89 Å². The van der Waals surface area contributed by atoms with E-state index < -0.39 is 17.5 Å². The van der Waals surface area contributed by atoms with Crippen LogP contribution in [0.4, 0.5) is 13.2 Å². The monoisotopic (exact) mass is 229 g/mol. The maximum absolute atomic E-state index is 13.3. The van der Waals surface area contributed by atoms with Crippen molar-refractivity contribution in [3.8, 4) is 11.4 Å². The molecular formula is C9H6F3N3O. The molecule has 16 heavy (non-hydrogen) atoms. The Morgan fingerprint density at radius 3 is 2.56 bits per heavy atom.